The molecule has 1 heterocycles. The number of rotatable bonds is 4. The molecule has 2 aromatic rings. The topological polar surface area (TPSA) is 77.6 Å². The van der Waals surface area contributed by atoms with Crippen molar-refractivity contribution in [3.8, 4) is 5.75 Å². The molecule has 0 aliphatic heterocycles. The van der Waals surface area contributed by atoms with Crippen molar-refractivity contribution in [3.63, 3.8) is 0 Å². The Morgan fingerprint density at radius 3 is 2.72 bits per heavy atom. The van der Waals surface area contributed by atoms with Crippen LogP contribution in [0.1, 0.15) is 5.69 Å². The molecule has 1 aromatic carbocycles. The van der Waals surface area contributed by atoms with Crippen molar-refractivity contribution in [3.05, 3.63) is 41.2 Å². The molecule has 18 heavy (non-hydrogen) atoms. The minimum absolute atomic E-state index is 0.104. The Kier molecular flexibility index (Phi) is 3.63. The van der Waals surface area contributed by atoms with Crippen LogP contribution in [0.5, 0.6) is 5.75 Å². The number of halogens is 1. The fraction of sp³-hybridized carbons (Fsp3) is 0. The number of nitrogens with two attached hydrogens (primary N) is 1. The maximum Gasteiger partial charge on any atom is 0.259 e. The van der Waals surface area contributed by atoms with Gasteiger partial charge in [0.25, 0.3) is 6.29 Å². The van der Waals surface area contributed by atoms with Gasteiger partial charge in [0.1, 0.15) is 11.5 Å². The van der Waals surface area contributed by atoms with E-state index in [9.17, 15) is 9.18 Å². The lowest BCUT2D eigenvalue weighted by Crippen LogP contribution is -2.05. The Labute approximate surface area is 106 Å². The van der Waals surface area contributed by atoms with E-state index in [0.29, 0.717) is 10.9 Å². The van der Waals surface area contributed by atoms with Gasteiger partial charge in [-0.25, -0.2) is 9.37 Å². The zero-order chi connectivity index (χ0) is 13.0. The van der Waals surface area contributed by atoms with Crippen LogP contribution < -0.4 is 10.6 Å². The van der Waals surface area contributed by atoms with Gasteiger partial charge in [-0.3, -0.25) is 4.79 Å². The van der Waals surface area contributed by atoms with Crippen molar-refractivity contribution in [2.24, 2.45) is 5.16 Å². The maximum atomic E-state index is 12.6. The lowest BCUT2D eigenvalue weighted by atomic mass is 10.3. The molecule has 2 N–H and O–H groups in total. The summed E-state index contributed by atoms with van der Waals surface area (Å²) >= 11 is 1.17. The van der Waals surface area contributed by atoms with Crippen LogP contribution in [0.25, 0.3) is 0 Å². The zero-order valence-electron chi connectivity index (χ0n) is 8.96. The number of hydrogen-bond acceptors (Lipinski definition) is 6. The molecule has 0 amide bonds. The summed E-state index contributed by atoms with van der Waals surface area (Å²) < 4.78 is 12.6. The van der Waals surface area contributed by atoms with Crippen molar-refractivity contribution >= 4 is 28.5 Å². The first-order valence-corrected chi connectivity index (χ1v) is 5.67. The average molecular weight is 264 g/mol. The van der Waals surface area contributed by atoms with Crippen molar-refractivity contribution in [1.82, 2.24) is 4.98 Å². The summed E-state index contributed by atoms with van der Waals surface area (Å²) in [5.41, 5.74) is 5.62. The standard InChI is InChI=1S/C11H7FN3O2S/c12-7-1-3-8(4-2-7)17-15-9(5-16)10-6-18-11(13)14-10/h1-4,6H,(H2,13,14)/b15-9-. The van der Waals surface area contributed by atoms with Crippen molar-refractivity contribution in [2.75, 3.05) is 5.73 Å². The first kappa shape index (κ1) is 12.2. The smallest absolute Gasteiger partial charge is 0.259 e. The second-order valence-corrected chi connectivity index (χ2v) is 4.05. The quantitative estimate of drug-likeness (QED) is 0.674. The van der Waals surface area contributed by atoms with Crippen molar-refractivity contribution in [1.29, 1.82) is 0 Å². The molecule has 0 aliphatic carbocycles. The van der Waals surface area contributed by atoms with Crippen molar-refractivity contribution < 1.29 is 14.0 Å². The summed E-state index contributed by atoms with van der Waals surface area (Å²) in [6, 6.07) is 5.21. The molecule has 0 fully saturated rings. The number of aromatic nitrogens is 1. The molecule has 0 saturated carbocycles. The number of nitrogens with zero attached hydrogens (tertiary/aromatic N) is 2. The molecule has 0 aliphatic rings. The summed E-state index contributed by atoms with van der Waals surface area (Å²) in [5.74, 6) is -0.0897. The van der Waals surface area contributed by atoms with Gasteiger partial charge in [0.15, 0.2) is 16.6 Å². The van der Waals surface area contributed by atoms with Gasteiger partial charge in [-0.2, -0.15) is 0 Å². The Bertz CT molecular complexity index is 580. The Morgan fingerprint density at radius 2 is 2.17 bits per heavy atom. The number of hydrogen-bond donors (Lipinski definition) is 1. The predicted molar refractivity (Wildman–Crippen MR) is 65.8 cm³/mol. The Balaban J connectivity index is 2.15. The highest BCUT2D eigenvalue weighted by Gasteiger charge is 2.09. The summed E-state index contributed by atoms with van der Waals surface area (Å²) in [6.07, 6.45) is 1.60. The van der Waals surface area contributed by atoms with Crippen LogP contribution in [0.15, 0.2) is 34.8 Å². The van der Waals surface area contributed by atoms with Gasteiger partial charge >= 0.3 is 0 Å². The molecule has 0 spiro atoms. The molecule has 2 rings (SSSR count). The van der Waals surface area contributed by atoms with Gasteiger partial charge in [0, 0.05) is 5.38 Å². The van der Waals surface area contributed by atoms with Gasteiger partial charge in [0.05, 0.1) is 0 Å². The molecular weight excluding hydrogens is 257 g/mol. The third-order valence-corrected chi connectivity index (χ3v) is 2.59. The summed E-state index contributed by atoms with van der Waals surface area (Å²) in [4.78, 5) is 19.5. The van der Waals surface area contributed by atoms with E-state index in [0.717, 1.165) is 0 Å². The van der Waals surface area contributed by atoms with E-state index in [2.05, 4.69) is 10.1 Å². The normalized spacial score (nSPS) is 11.3. The molecule has 0 bridgehead atoms. The Hall–Kier alpha value is -2.28. The Morgan fingerprint density at radius 1 is 1.44 bits per heavy atom. The molecule has 0 atom stereocenters. The minimum atomic E-state index is -0.388. The largest absolute Gasteiger partial charge is 0.375 e. The number of benzene rings is 1. The molecule has 0 unspecified atom stereocenters. The van der Waals surface area contributed by atoms with Crippen LogP contribution in [0.3, 0.4) is 0 Å². The molecule has 1 aromatic heterocycles. The second-order valence-electron chi connectivity index (χ2n) is 3.16. The van der Waals surface area contributed by atoms with Crippen LogP contribution in [0.4, 0.5) is 9.52 Å². The molecule has 91 valence electrons. The number of oxime groups is 1. The first-order chi connectivity index (χ1) is 8.69. The third-order valence-electron chi connectivity index (χ3n) is 1.92. The number of nitrogen functional groups attached to an aromatic ring is 1. The van der Waals surface area contributed by atoms with E-state index < -0.39 is 0 Å². The zero-order valence-corrected chi connectivity index (χ0v) is 9.78. The van der Waals surface area contributed by atoms with Gasteiger partial charge in [-0.15, -0.1) is 11.3 Å². The molecule has 0 saturated heterocycles. The van der Waals surface area contributed by atoms with Gasteiger partial charge in [0.2, 0.25) is 0 Å². The van der Waals surface area contributed by atoms with E-state index in [1.165, 1.54) is 35.6 Å². The lowest BCUT2D eigenvalue weighted by Gasteiger charge is -1.98. The monoisotopic (exact) mass is 264 g/mol. The first-order valence-electron chi connectivity index (χ1n) is 4.79. The second kappa shape index (κ2) is 5.37. The van der Waals surface area contributed by atoms with E-state index in [-0.39, 0.29) is 17.2 Å². The molecule has 5 nitrogen and oxygen atoms in total. The van der Waals surface area contributed by atoms with Gasteiger partial charge in [-0.05, 0) is 24.3 Å². The maximum absolute atomic E-state index is 12.6. The lowest BCUT2D eigenvalue weighted by molar-refractivity contribution is 0.341. The van der Waals surface area contributed by atoms with Crippen molar-refractivity contribution in [2.45, 2.75) is 0 Å². The van der Waals surface area contributed by atoms with E-state index in [4.69, 9.17) is 10.6 Å². The van der Waals surface area contributed by atoms with Gasteiger partial charge in [-0.1, -0.05) is 5.16 Å². The molecular formula is C11H7FN3O2S. The highest BCUT2D eigenvalue weighted by atomic mass is 32.1. The van der Waals surface area contributed by atoms with E-state index >= 15 is 0 Å². The average Bonchev–Trinajstić information content (AvgIpc) is 2.79. The summed E-state index contributed by atoms with van der Waals surface area (Å²) in [6.45, 7) is 0. The van der Waals surface area contributed by atoms with Gasteiger partial charge < -0.3 is 10.6 Å². The highest BCUT2D eigenvalue weighted by molar-refractivity contribution is 7.13. The molecule has 1 radical (unpaired) electrons. The third kappa shape index (κ3) is 2.89. The molecule has 7 heteroatoms. The van der Waals surface area contributed by atoms with Crippen LogP contribution in [-0.4, -0.2) is 17.0 Å². The van der Waals surface area contributed by atoms with Crippen LogP contribution in [0, 0.1) is 5.82 Å². The minimum Gasteiger partial charge on any atom is -0.375 e. The van der Waals surface area contributed by atoms with E-state index in [1.54, 1.807) is 11.7 Å². The van der Waals surface area contributed by atoms with E-state index in [1.807, 2.05) is 0 Å². The summed E-state index contributed by atoms with van der Waals surface area (Å²) in [7, 11) is 0. The predicted octanol–water partition coefficient (Wildman–Crippen LogP) is 1.76. The fourth-order valence-electron chi connectivity index (χ4n) is 1.11. The van der Waals surface area contributed by atoms with Crippen LogP contribution in [-0.2, 0) is 4.79 Å². The number of carbonyl (C=O) groups excluding carboxylic acids is 1. The summed E-state index contributed by atoms with van der Waals surface area (Å²) in [5, 5.41) is 5.46. The van der Waals surface area contributed by atoms with Crippen LogP contribution >= 0.6 is 11.3 Å². The SMILES string of the molecule is Nc1nc(/C([C]=O)=N\Oc2ccc(F)cc2)cs1. The highest BCUT2D eigenvalue weighted by Crippen LogP contribution is 2.14. The van der Waals surface area contributed by atoms with Crippen LogP contribution in [0.2, 0.25) is 0 Å². The number of thiazole rings is 1. The number of anilines is 1. The fourth-order valence-corrected chi connectivity index (χ4v) is 1.66.